The van der Waals surface area contributed by atoms with Crippen molar-refractivity contribution in [2.45, 2.75) is 37.9 Å². The van der Waals surface area contributed by atoms with Crippen molar-refractivity contribution in [1.82, 2.24) is 4.31 Å². The second-order valence-corrected chi connectivity index (χ2v) is 5.77. The molecule has 0 spiro atoms. The van der Waals surface area contributed by atoms with E-state index >= 15 is 0 Å². The third kappa shape index (κ3) is 3.64. The van der Waals surface area contributed by atoms with Crippen molar-refractivity contribution in [3.8, 4) is 6.07 Å². The molecular weight excluding hydrogens is 200 g/mol. The maximum atomic E-state index is 11.6. The lowest BCUT2D eigenvalue weighted by Crippen LogP contribution is -2.32. The second kappa shape index (κ2) is 5.99. The minimum Gasteiger partial charge on any atom is -0.211 e. The summed E-state index contributed by atoms with van der Waals surface area (Å²) in [6.45, 7) is 2.04. The molecule has 0 rings (SSSR count). The van der Waals surface area contributed by atoms with Crippen LogP contribution in [-0.2, 0) is 10.0 Å². The van der Waals surface area contributed by atoms with E-state index in [0.29, 0.717) is 6.42 Å². The summed E-state index contributed by atoms with van der Waals surface area (Å²) in [5.41, 5.74) is 0. The Balaban J connectivity index is 4.37. The van der Waals surface area contributed by atoms with Crippen LogP contribution in [0.1, 0.15) is 32.6 Å². The zero-order valence-electron chi connectivity index (χ0n) is 9.02. The van der Waals surface area contributed by atoms with E-state index in [-0.39, 0.29) is 0 Å². The standard InChI is InChI=1S/C9H18N2O2S/c1-4-5-6-7-9(8-10)14(12,13)11(2)3/h9H,4-7H2,1-3H3. The van der Waals surface area contributed by atoms with E-state index in [2.05, 4.69) is 0 Å². The highest BCUT2D eigenvalue weighted by molar-refractivity contribution is 7.89. The van der Waals surface area contributed by atoms with E-state index < -0.39 is 15.3 Å². The smallest absolute Gasteiger partial charge is 0.211 e. The van der Waals surface area contributed by atoms with Crippen molar-refractivity contribution in [2.24, 2.45) is 0 Å². The summed E-state index contributed by atoms with van der Waals surface area (Å²) in [6.07, 6.45) is 3.23. The summed E-state index contributed by atoms with van der Waals surface area (Å²) >= 11 is 0. The lowest BCUT2D eigenvalue weighted by molar-refractivity contribution is 0.506. The van der Waals surface area contributed by atoms with Crippen LogP contribution in [0.4, 0.5) is 0 Å². The van der Waals surface area contributed by atoms with Crippen molar-refractivity contribution < 1.29 is 8.42 Å². The van der Waals surface area contributed by atoms with Crippen LogP contribution in [-0.4, -0.2) is 32.1 Å². The van der Waals surface area contributed by atoms with Crippen LogP contribution in [0.25, 0.3) is 0 Å². The third-order valence-electron chi connectivity index (χ3n) is 2.08. The van der Waals surface area contributed by atoms with Gasteiger partial charge in [0.25, 0.3) is 0 Å². The number of sulfonamides is 1. The minimum atomic E-state index is -3.40. The molecule has 82 valence electrons. The molecule has 0 aliphatic heterocycles. The summed E-state index contributed by atoms with van der Waals surface area (Å²) in [5, 5.41) is 7.87. The van der Waals surface area contributed by atoms with Gasteiger partial charge in [0.05, 0.1) is 6.07 Å². The van der Waals surface area contributed by atoms with Crippen LogP contribution in [0.2, 0.25) is 0 Å². The first kappa shape index (κ1) is 13.4. The fourth-order valence-electron chi connectivity index (χ4n) is 1.11. The molecule has 0 aromatic rings. The first-order chi connectivity index (χ1) is 6.46. The van der Waals surface area contributed by atoms with Crippen molar-refractivity contribution in [1.29, 1.82) is 5.26 Å². The quantitative estimate of drug-likeness (QED) is 0.632. The zero-order valence-corrected chi connectivity index (χ0v) is 9.84. The van der Waals surface area contributed by atoms with E-state index in [4.69, 9.17) is 5.26 Å². The number of nitriles is 1. The Kier molecular flexibility index (Phi) is 5.73. The predicted octanol–water partition coefficient (Wildman–Crippen LogP) is 1.35. The van der Waals surface area contributed by atoms with Gasteiger partial charge < -0.3 is 0 Å². The van der Waals surface area contributed by atoms with E-state index in [1.807, 2.05) is 13.0 Å². The highest BCUT2D eigenvalue weighted by Crippen LogP contribution is 2.12. The highest BCUT2D eigenvalue weighted by Gasteiger charge is 2.26. The molecule has 0 bridgehead atoms. The van der Waals surface area contributed by atoms with Crippen LogP contribution in [0.15, 0.2) is 0 Å². The Hall–Kier alpha value is -0.600. The van der Waals surface area contributed by atoms with Gasteiger partial charge in [-0.2, -0.15) is 5.26 Å². The van der Waals surface area contributed by atoms with Gasteiger partial charge in [-0.25, -0.2) is 12.7 Å². The van der Waals surface area contributed by atoms with Crippen LogP contribution < -0.4 is 0 Å². The first-order valence-corrected chi connectivity index (χ1v) is 6.28. The molecule has 0 fully saturated rings. The summed E-state index contributed by atoms with van der Waals surface area (Å²) in [6, 6.07) is 1.85. The second-order valence-electron chi connectivity index (χ2n) is 3.44. The minimum absolute atomic E-state index is 0.435. The van der Waals surface area contributed by atoms with Crippen LogP contribution in [0, 0.1) is 11.3 Å². The Bertz CT molecular complexity index is 290. The molecule has 1 unspecified atom stereocenters. The Morgan fingerprint density at radius 1 is 1.36 bits per heavy atom. The first-order valence-electron chi connectivity index (χ1n) is 4.77. The van der Waals surface area contributed by atoms with Crippen LogP contribution in [0.5, 0.6) is 0 Å². The molecule has 0 radical (unpaired) electrons. The molecule has 0 aliphatic carbocycles. The Morgan fingerprint density at radius 3 is 2.29 bits per heavy atom. The Labute approximate surface area is 86.6 Å². The van der Waals surface area contributed by atoms with Crippen LogP contribution >= 0.6 is 0 Å². The fourth-order valence-corrected chi connectivity index (χ4v) is 2.22. The molecule has 0 heterocycles. The maximum Gasteiger partial charge on any atom is 0.229 e. The molecule has 0 amide bonds. The lowest BCUT2D eigenvalue weighted by Gasteiger charge is -2.15. The van der Waals surface area contributed by atoms with Gasteiger partial charge in [0.1, 0.15) is 0 Å². The average molecular weight is 218 g/mol. The van der Waals surface area contributed by atoms with Gasteiger partial charge >= 0.3 is 0 Å². The van der Waals surface area contributed by atoms with E-state index in [0.717, 1.165) is 23.6 Å². The predicted molar refractivity (Wildman–Crippen MR) is 56.1 cm³/mol. The molecule has 0 N–H and O–H groups in total. The molecule has 1 atom stereocenters. The molecule has 4 nitrogen and oxygen atoms in total. The third-order valence-corrected chi connectivity index (χ3v) is 4.16. The summed E-state index contributed by atoms with van der Waals surface area (Å²) in [7, 11) is -0.482. The highest BCUT2D eigenvalue weighted by atomic mass is 32.2. The molecule has 0 saturated carbocycles. The van der Waals surface area contributed by atoms with Crippen molar-refractivity contribution >= 4 is 10.0 Å². The summed E-state index contributed by atoms with van der Waals surface area (Å²) in [5.74, 6) is 0. The average Bonchev–Trinajstić information content (AvgIpc) is 2.12. The normalized spacial score (nSPS) is 13.9. The maximum absolute atomic E-state index is 11.6. The van der Waals surface area contributed by atoms with Gasteiger partial charge in [0, 0.05) is 14.1 Å². The lowest BCUT2D eigenvalue weighted by atomic mass is 10.2. The van der Waals surface area contributed by atoms with E-state index in [1.54, 1.807) is 0 Å². The number of rotatable bonds is 6. The molecule has 5 heteroatoms. The Morgan fingerprint density at radius 2 is 1.93 bits per heavy atom. The van der Waals surface area contributed by atoms with Crippen molar-refractivity contribution in [2.75, 3.05) is 14.1 Å². The van der Waals surface area contributed by atoms with Gasteiger partial charge in [-0.3, -0.25) is 0 Å². The number of hydrogen-bond donors (Lipinski definition) is 0. The summed E-state index contributed by atoms with van der Waals surface area (Å²) < 4.78 is 24.2. The fraction of sp³-hybridized carbons (Fsp3) is 0.889. The molecular formula is C9H18N2O2S. The number of nitrogens with zero attached hydrogens (tertiary/aromatic N) is 2. The molecule has 0 aliphatic rings. The van der Waals surface area contributed by atoms with Gasteiger partial charge in [0.15, 0.2) is 5.25 Å². The van der Waals surface area contributed by atoms with Crippen LogP contribution in [0.3, 0.4) is 0 Å². The monoisotopic (exact) mass is 218 g/mol. The molecule has 0 aromatic heterocycles. The topological polar surface area (TPSA) is 61.2 Å². The SMILES string of the molecule is CCCCCC(C#N)S(=O)(=O)N(C)C. The molecule has 0 saturated heterocycles. The van der Waals surface area contributed by atoms with Gasteiger partial charge in [0.2, 0.25) is 10.0 Å². The molecule has 14 heavy (non-hydrogen) atoms. The van der Waals surface area contributed by atoms with E-state index in [9.17, 15) is 8.42 Å². The largest absolute Gasteiger partial charge is 0.229 e. The van der Waals surface area contributed by atoms with Crippen molar-refractivity contribution in [3.63, 3.8) is 0 Å². The van der Waals surface area contributed by atoms with E-state index in [1.165, 1.54) is 14.1 Å². The molecule has 0 aromatic carbocycles. The number of hydrogen-bond acceptors (Lipinski definition) is 3. The van der Waals surface area contributed by atoms with Gasteiger partial charge in [-0.15, -0.1) is 0 Å². The van der Waals surface area contributed by atoms with Crippen molar-refractivity contribution in [3.05, 3.63) is 0 Å². The number of unbranched alkanes of at least 4 members (excludes halogenated alkanes) is 2. The van der Waals surface area contributed by atoms with Gasteiger partial charge in [-0.05, 0) is 6.42 Å². The summed E-state index contributed by atoms with van der Waals surface area (Å²) in [4.78, 5) is 0. The van der Waals surface area contributed by atoms with Gasteiger partial charge in [-0.1, -0.05) is 26.2 Å². The zero-order chi connectivity index (χ0) is 11.2.